The molecule has 2 heterocycles. The van der Waals surface area contributed by atoms with Gasteiger partial charge in [-0.05, 0) is 30.5 Å². The van der Waals surface area contributed by atoms with Crippen molar-refractivity contribution in [3.8, 4) is 0 Å². The number of nitrogens with one attached hydrogen (secondary N) is 4. The normalized spacial score (nSPS) is 20.8. The van der Waals surface area contributed by atoms with Crippen LogP contribution in [-0.4, -0.2) is 37.6 Å². The van der Waals surface area contributed by atoms with Gasteiger partial charge in [0.1, 0.15) is 0 Å². The first-order valence-electron chi connectivity index (χ1n) is 8.12. The molecule has 0 bridgehead atoms. The molecule has 124 valence electrons. The number of benzene rings is 1. The Morgan fingerprint density at radius 2 is 2.26 bits per heavy atom. The van der Waals surface area contributed by atoms with Crippen LogP contribution in [0.4, 0.5) is 10.5 Å². The second kappa shape index (κ2) is 7.43. The number of urea groups is 1. The Kier molecular flexibility index (Phi) is 5.09. The Bertz CT molecular complexity index is 571. The Morgan fingerprint density at radius 1 is 1.35 bits per heavy atom. The number of carbonyl (C=O) groups excluding carboxylic acids is 2. The maximum Gasteiger partial charge on any atom is 0.315 e. The maximum absolute atomic E-state index is 11.8. The van der Waals surface area contributed by atoms with E-state index in [1.165, 1.54) is 0 Å². The van der Waals surface area contributed by atoms with Gasteiger partial charge in [0.05, 0.1) is 0 Å². The summed E-state index contributed by atoms with van der Waals surface area (Å²) in [6.45, 7) is 2.74. The van der Waals surface area contributed by atoms with Crippen LogP contribution in [0.25, 0.3) is 0 Å². The van der Waals surface area contributed by atoms with Crippen molar-refractivity contribution in [3.63, 3.8) is 0 Å². The monoisotopic (exact) mass is 317 g/mol. The molecule has 2 saturated heterocycles. The standard InChI is InChI=1S/C16H23N5O2/c22-15-5-2-8-21(15)14-4-1-3-12(9-14)10-17-16(23)18-11-13-6-7-19-20-13/h1,3-4,9,13,19-20H,2,5-8,10-11H2,(H2,17,18,23). The Balaban J connectivity index is 1.47. The molecule has 7 heteroatoms. The highest BCUT2D eigenvalue weighted by Gasteiger charge is 2.21. The SMILES string of the molecule is O=C(NCc1cccc(N2CCCC2=O)c1)NCC1CCNN1. The summed E-state index contributed by atoms with van der Waals surface area (Å²) in [6.07, 6.45) is 2.54. The number of hydrogen-bond acceptors (Lipinski definition) is 4. The number of amides is 3. The van der Waals surface area contributed by atoms with Crippen LogP contribution in [-0.2, 0) is 11.3 Å². The average molecular weight is 317 g/mol. The Morgan fingerprint density at radius 3 is 3.00 bits per heavy atom. The average Bonchev–Trinajstić information content (AvgIpc) is 3.22. The molecule has 1 aromatic carbocycles. The van der Waals surface area contributed by atoms with Crippen molar-refractivity contribution >= 4 is 17.6 Å². The van der Waals surface area contributed by atoms with Crippen molar-refractivity contribution in [1.82, 2.24) is 21.5 Å². The lowest BCUT2D eigenvalue weighted by Gasteiger charge is -2.17. The van der Waals surface area contributed by atoms with Gasteiger partial charge in [0.15, 0.2) is 0 Å². The van der Waals surface area contributed by atoms with Gasteiger partial charge in [0.2, 0.25) is 5.91 Å². The minimum absolute atomic E-state index is 0.172. The molecule has 2 fully saturated rings. The number of hydrazine groups is 1. The molecule has 4 N–H and O–H groups in total. The minimum Gasteiger partial charge on any atom is -0.337 e. The van der Waals surface area contributed by atoms with E-state index in [0.29, 0.717) is 19.5 Å². The topological polar surface area (TPSA) is 85.5 Å². The van der Waals surface area contributed by atoms with E-state index in [0.717, 1.165) is 37.2 Å². The second-order valence-electron chi connectivity index (χ2n) is 5.94. The molecule has 1 unspecified atom stereocenters. The number of rotatable bonds is 5. The third-order valence-corrected chi connectivity index (χ3v) is 4.18. The van der Waals surface area contributed by atoms with Gasteiger partial charge < -0.3 is 15.5 Å². The van der Waals surface area contributed by atoms with Crippen molar-refractivity contribution < 1.29 is 9.59 Å². The molecule has 0 saturated carbocycles. The van der Waals surface area contributed by atoms with Crippen molar-refractivity contribution in [2.75, 3.05) is 24.5 Å². The van der Waals surface area contributed by atoms with Gasteiger partial charge >= 0.3 is 6.03 Å². The molecule has 0 aromatic heterocycles. The molecule has 3 amide bonds. The summed E-state index contributed by atoms with van der Waals surface area (Å²) in [5, 5.41) is 5.70. The summed E-state index contributed by atoms with van der Waals surface area (Å²) >= 11 is 0. The van der Waals surface area contributed by atoms with E-state index in [1.807, 2.05) is 29.2 Å². The highest BCUT2D eigenvalue weighted by molar-refractivity contribution is 5.95. The van der Waals surface area contributed by atoms with Gasteiger partial charge in [-0.25, -0.2) is 4.79 Å². The van der Waals surface area contributed by atoms with Crippen LogP contribution >= 0.6 is 0 Å². The fraction of sp³-hybridized carbons (Fsp3) is 0.500. The maximum atomic E-state index is 11.8. The molecule has 7 nitrogen and oxygen atoms in total. The zero-order valence-electron chi connectivity index (χ0n) is 13.1. The van der Waals surface area contributed by atoms with Gasteiger partial charge in [-0.2, -0.15) is 0 Å². The molecule has 0 radical (unpaired) electrons. The van der Waals surface area contributed by atoms with Crippen LogP contribution in [0.15, 0.2) is 24.3 Å². The number of anilines is 1. The number of hydrogen-bond donors (Lipinski definition) is 4. The van der Waals surface area contributed by atoms with E-state index < -0.39 is 0 Å². The summed E-state index contributed by atoms with van der Waals surface area (Å²) < 4.78 is 0. The first-order valence-corrected chi connectivity index (χ1v) is 8.12. The molecule has 3 rings (SSSR count). The van der Waals surface area contributed by atoms with Crippen molar-refractivity contribution in [1.29, 1.82) is 0 Å². The lowest BCUT2D eigenvalue weighted by molar-refractivity contribution is -0.117. The van der Waals surface area contributed by atoms with Gasteiger partial charge in [-0.3, -0.25) is 15.6 Å². The van der Waals surface area contributed by atoms with Crippen LogP contribution < -0.4 is 26.4 Å². The summed E-state index contributed by atoms with van der Waals surface area (Å²) in [5.74, 6) is 0.172. The molecule has 0 spiro atoms. The van der Waals surface area contributed by atoms with E-state index in [2.05, 4.69) is 21.5 Å². The quantitative estimate of drug-likeness (QED) is 0.636. The van der Waals surface area contributed by atoms with E-state index in [1.54, 1.807) is 0 Å². The lowest BCUT2D eigenvalue weighted by Crippen LogP contribution is -2.43. The van der Waals surface area contributed by atoms with Gasteiger partial charge in [0, 0.05) is 44.3 Å². The number of nitrogens with zero attached hydrogens (tertiary/aromatic N) is 1. The van der Waals surface area contributed by atoms with Crippen molar-refractivity contribution in [2.45, 2.75) is 31.8 Å². The number of carbonyl (C=O) groups is 2. The largest absolute Gasteiger partial charge is 0.337 e. The molecular formula is C16H23N5O2. The molecule has 2 aliphatic rings. The Hall–Kier alpha value is -2.12. The summed E-state index contributed by atoms with van der Waals surface area (Å²) in [6, 6.07) is 7.88. The highest BCUT2D eigenvalue weighted by atomic mass is 16.2. The summed E-state index contributed by atoms with van der Waals surface area (Å²) in [7, 11) is 0. The predicted molar refractivity (Wildman–Crippen MR) is 87.8 cm³/mol. The van der Waals surface area contributed by atoms with Gasteiger partial charge in [-0.15, -0.1) is 0 Å². The summed E-state index contributed by atoms with van der Waals surface area (Å²) in [5.41, 5.74) is 8.03. The van der Waals surface area contributed by atoms with E-state index in [9.17, 15) is 9.59 Å². The van der Waals surface area contributed by atoms with Gasteiger partial charge in [0.25, 0.3) is 0 Å². The zero-order chi connectivity index (χ0) is 16.1. The van der Waals surface area contributed by atoms with E-state index in [-0.39, 0.29) is 18.0 Å². The van der Waals surface area contributed by atoms with E-state index >= 15 is 0 Å². The molecule has 0 aliphatic carbocycles. The lowest BCUT2D eigenvalue weighted by atomic mass is 10.2. The Labute approximate surface area is 135 Å². The third-order valence-electron chi connectivity index (χ3n) is 4.18. The fourth-order valence-corrected chi connectivity index (χ4v) is 2.90. The first kappa shape index (κ1) is 15.8. The van der Waals surface area contributed by atoms with Crippen LogP contribution in [0.5, 0.6) is 0 Å². The van der Waals surface area contributed by atoms with Crippen molar-refractivity contribution in [2.24, 2.45) is 0 Å². The summed E-state index contributed by atoms with van der Waals surface area (Å²) in [4.78, 5) is 25.4. The van der Waals surface area contributed by atoms with Crippen LogP contribution in [0, 0.1) is 0 Å². The molecule has 1 aromatic rings. The fourth-order valence-electron chi connectivity index (χ4n) is 2.90. The first-order chi connectivity index (χ1) is 11.2. The zero-order valence-corrected chi connectivity index (χ0v) is 13.1. The molecule has 1 atom stereocenters. The molecule has 23 heavy (non-hydrogen) atoms. The van der Waals surface area contributed by atoms with Crippen LogP contribution in [0.3, 0.4) is 0 Å². The van der Waals surface area contributed by atoms with Crippen molar-refractivity contribution in [3.05, 3.63) is 29.8 Å². The highest BCUT2D eigenvalue weighted by Crippen LogP contribution is 2.22. The second-order valence-corrected chi connectivity index (χ2v) is 5.94. The molecule has 2 aliphatic heterocycles. The van der Waals surface area contributed by atoms with Gasteiger partial charge in [-0.1, -0.05) is 12.1 Å². The smallest absolute Gasteiger partial charge is 0.315 e. The van der Waals surface area contributed by atoms with Crippen LogP contribution in [0.1, 0.15) is 24.8 Å². The minimum atomic E-state index is -0.179. The van der Waals surface area contributed by atoms with E-state index in [4.69, 9.17) is 0 Å². The predicted octanol–water partition coefficient (Wildman–Crippen LogP) is 0.479. The third kappa shape index (κ3) is 4.20. The molecular weight excluding hydrogens is 294 g/mol. The van der Waals surface area contributed by atoms with Crippen LogP contribution in [0.2, 0.25) is 0 Å².